The molecule has 0 spiro atoms. The first-order valence-electron chi connectivity index (χ1n) is 4.78. The molecule has 0 saturated carbocycles. The van der Waals surface area contributed by atoms with Crippen molar-refractivity contribution in [3.8, 4) is 0 Å². The number of carbonyl (C=O) groups excluding carboxylic acids is 1. The number of hydrogen-bond acceptors (Lipinski definition) is 4. The quantitative estimate of drug-likeness (QED) is 0.656. The van der Waals surface area contributed by atoms with Crippen LogP contribution in [0.2, 0.25) is 0 Å². The van der Waals surface area contributed by atoms with Gasteiger partial charge in [-0.3, -0.25) is 9.78 Å². The molecule has 4 N–H and O–H groups in total. The molecule has 0 aromatic carbocycles. The molecular weight excluding hydrogens is 224 g/mol. The minimum Gasteiger partial charge on any atom is -0.388 e. The number of carbonyl (C=O) groups is 1. The minimum absolute atomic E-state index is 0.0848. The maximum absolute atomic E-state index is 11.3. The Morgan fingerprint density at radius 3 is 2.69 bits per heavy atom. The van der Waals surface area contributed by atoms with E-state index in [0.29, 0.717) is 5.69 Å². The maximum atomic E-state index is 11.3. The Labute approximate surface area is 99.4 Å². The second-order valence-corrected chi connectivity index (χ2v) is 3.72. The van der Waals surface area contributed by atoms with Gasteiger partial charge in [0.15, 0.2) is 0 Å². The van der Waals surface area contributed by atoms with Crippen LogP contribution in [0.15, 0.2) is 18.3 Å². The van der Waals surface area contributed by atoms with Crippen molar-refractivity contribution >= 4 is 28.8 Å². The van der Waals surface area contributed by atoms with Crippen LogP contribution in [0, 0.1) is 0 Å². The number of pyridine rings is 1. The number of anilines is 1. The fourth-order valence-corrected chi connectivity index (χ4v) is 1.28. The van der Waals surface area contributed by atoms with Crippen LogP contribution in [0.5, 0.6) is 0 Å². The van der Waals surface area contributed by atoms with Crippen molar-refractivity contribution in [3.05, 3.63) is 24.0 Å². The number of rotatable bonds is 4. The van der Waals surface area contributed by atoms with Crippen molar-refractivity contribution in [2.75, 3.05) is 12.4 Å². The summed E-state index contributed by atoms with van der Waals surface area (Å²) in [6.45, 7) is 1.76. The van der Waals surface area contributed by atoms with Gasteiger partial charge in [0, 0.05) is 7.05 Å². The second-order valence-electron chi connectivity index (χ2n) is 3.28. The summed E-state index contributed by atoms with van der Waals surface area (Å²) in [6.07, 6.45) is 1.59. The van der Waals surface area contributed by atoms with Crippen LogP contribution in [0.25, 0.3) is 0 Å². The molecule has 1 amide bonds. The van der Waals surface area contributed by atoms with Gasteiger partial charge in [-0.2, -0.15) is 0 Å². The van der Waals surface area contributed by atoms with Gasteiger partial charge in [0.2, 0.25) is 5.91 Å². The Morgan fingerprint density at radius 1 is 1.56 bits per heavy atom. The number of aromatic nitrogens is 1. The molecule has 5 nitrogen and oxygen atoms in total. The molecule has 0 radical (unpaired) electrons. The number of hydrogen-bond donors (Lipinski definition) is 3. The van der Waals surface area contributed by atoms with Crippen LogP contribution < -0.4 is 16.4 Å². The molecule has 0 aliphatic carbocycles. The number of likely N-dealkylation sites (N-methyl/N-ethyl adjacent to an activating group) is 1. The minimum atomic E-state index is -0.317. The average molecular weight is 238 g/mol. The molecule has 1 atom stereocenters. The van der Waals surface area contributed by atoms with Crippen LogP contribution in [0.3, 0.4) is 0 Å². The van der Waals surface area contributed by atoms with E-state index in [4.69, 9.17) is 18.0 Å². The van der Waals surface area contributed by atoms with E-state index in [0.717, 1.165) is 5.69 Å². The first kappa shape index (κ1) is 12.4. The Morgan fingerprint density at radius 2 is 2.25 bits per heavy atom. The Kier molecular flexibility index (Phi) is 4.19. The highest BCUT2D eigenvalue weighted by Crippen LogP contribution is 2.07. The molecular formula is C10H14N4OS. The van der Waals surface area contributed by atoms with Crippen molar-refractivity contribution in [2.45, 2.75) is 13.0 Å². The molecule has 1 aromatic heterocycles. The van der Waals surface area contributed by atoms with Gasteiger partial charge in [-0.05, 0) is 19.1 Å². The van der Waals surface area contributed by atoms with Gasteiger partial charge in [0.25, 0.3) is 0 Å². The van der Waals surface area contributed by atoms with Crippen molar-refractivity contribution in [1.29, 1.82) is 0 Å². The van der Waals surface area contributed by atoms with E-state index in [9.17, 15) is 4.79 Å². The average Bonchev–Trinajstić information content (AvgIpc) is 2.28. The lowest BCUT2D eigenvalue weighted by Gasteiger charge is -2.13. The summed E-state index contributed by atoms with van der Waals surface area (Å²) >= 11 is 4.78. The molecule has 0 aliphatic rings. The zero-order chi connectivity index (χ0) is 12.1. The zero-order valence-electron chi connectivity index (χ0n) is 9.15. The van der Waals surface area contributed by atoms with E-state index in [2.05, 4.69) is 15.6 Å². The van der Waals surface area contributed by atoms with E-state index in [1.54, 1.807) is 32.3 Å². The molecule has 0 saturated heterocycles. The highest BCUT2D eigenvalue weighted by Gasteiger charge is 2.10. The molecule has 0 fully saturated rings. The molecule has 86 valence electrons. The molecule has 0 bridgehead atoms. The van der Waals surface area contributed by atoms with E-state index in [1.165, 1.54) is 0 Å². The van der Waals surface area contributed by atoms with Crippen LogP contribution in [0.1, 0.15) is 12.6 Å². The smallest absolute Gasteiger partial charge is 0.241 e. The van der Waals surface area contributed by atoms with E-state index in [-0.39, 0.29) is 16.9 Å². The first-order chi connectivity index (χ1) is 7.54. The normalized spacial score (nSPS) is 11.6. The maximum Gasteiger partial charge on any atom is 0.241 e. The summed E-state index contributed by atoms with van der Waals surface area (Å²) in [5.41, 5.74) is 6.73. The van der Waals surface area contributed by atoms with Gasteiger partial charge >= 0.3 is 0 Å². The molecule has 1 rings (SSSR count). The van der Waals surface area contributed by atoms with Gasteiger partial charge in [-0.15, -0.1) is 0 Å². The lowest BCUT2D eigenvalue weighted by atomic mass is 10.2. The van der Waals surface area contributed by atoms with Gasteiger partial charge in [-0.25, -0.2) is 0 Å². The van der Waals surface area contributed by atoms with E-state index < -0.39 is 0 Å². The number of nitrogens with one attached hydrogen (secondary N) is 2. The fourth-order valence-electron chi connectivity index (χ4n) is 1.16. The van der Waals surface area contributed by atoms with Gasteiger partial charge in [-0.1, -0.05) is 12.2 Å². The summed E-state index contributed by atoms with van der Waals surface area (Å²) < 4.78 is 0. The standard InChI is InChI=1S/C10H14N4OS/c1-6(10(15)12-2)14-7-3-4-8(9(11)16)13-5-7/h3-6,14H,1-2H3,(H2,11,16)(H,12,15). The molecule has 1 aromatic rings. The van der Waals surface area contributed by atoms with Crippen molar-refractivity contribution in [3.63, 3.8) is 0 Å². The molecule has 1 unspecified atom stereocenters. The monoisotopic (exact) mass is 238 g/mol. The predicted octanol–water partition coefficient (Wildman–Crippen LogP) is 0.262. The lowest BCUT2D eigenvalue weighted by Crippen LogP contribution is -2.35. The molecule has 6 heteroatoms. The number of amides is 1. The Hall–Kier alpha value is -1.69. The third-order valence-electron chi connectivity index (χ3n) is 2.04. The molecule has 16 heavy (non-hydrogen) atoms. The number of thiocarbonyl (C=S) groups is 1. The predicted molar refractivity (Wildman–Crippen MR) is 67.3 cm³/mol. The second kappa shape index (κ2) is 5.41. The highest BCUT2D eigenvalue weighted by molar-refractivity contribution is 7.80. The first-order valence-corrected chi connectivity index (χ1v) is 5.19. The van der Waals surface area contributed by atoms with Crippen LogP contribution in [0.4, 0.5) is 5.69 Å². The van der Waals surface area contributed by atoms with Crippen LogP contribution in [-0.4, -0.2) is 29.0 Å². The van der Waals surface area contributed by atoms with Gasteiger partial charge < -0.3 is 16.4 Å². The summed E-state index contributed by atoms with van der Waals surface area (Å²) in [5, 5.41) is 5.55. The van der Waals surface area contributed by atoms with Crippen molar-refractivity contribution in [2.24, 2.45) is 5.73 Å². The van der Waals surface area contributed by atoms with E-state index in [1.807, 2.05) is 0 Å². The number of nitrogens with two attached hydrogens (primary N) is 1. The van der Waals surface area contributed by atoms with Gasteiger partial charge in [0.1, 0.15) is 11.0 Å². The summed E-state index contributed by atoms with van der Waals surface area (Å²) in [7, 11) is 1.59. The molecule has 0 aliphatic heterocycles. The van der Waals surface area contributed by atoms with E-state index >= 15 is 0 Å². The zero-order valence-corrected chi connectivity index (χ0v) is 9.97. The highest BCUT2D eigenvalue weighted by atomic mass is 32.1. The molecule has 1 heterocycles. The summed E-state index contributed by atoms with van der Waals surface area (Å²) in [4.78, 5) is 15.6. The summed E-state index contributed by atoms with van der Waals surface area (Å²) in [6, 6.07) is 3.17. The third-order valence-corrected chi connectivity index (χ3v) is 2.25. The fraction of sp³-hybridized carbons (Fsp3) is 0.300. The SMILES string of the molecule is CNC(=O)C(C)Nc1ccc(C(N)=S)nc1. The number of nitrogens with zero attached hydrogens (tertiary/aromatic N) is 1. The Bertz CT molecular complexity index is 390. The summed E-state index contributed by atoms with van der Waals surface area (Å²) in [5.74, 6) is -0.0848. The van der Waals surface area contributed by atoms with Crippen LogP contribution in [-0.2, 0) is 4.79 Å². The van der Waals surface area contributed by atoms with Crippen LogP contribution >= 0.6 is 12.2 Å². The van der Waals surface area contributed by atoms with Crippen molar-refractivity contribution < 1.29 is 4.79 Å². The topological polar surface area (TPSA) is 80.0 Å². The Balaban J connectivity index is 2.68. The largest absolute Gasteiger partial charge is 0.388 e. The lowest BCUT2D eigenvalue weighted by molar-refractivity contribution is -0.121. The van der Waals surface area contributed by atoms with Gasteiger partial charge in [0.05, 0.1) is 17.6 Å². The third kappa shape index (κ3) is 3.16. The van der Waals surface area contributed by atoms with Crippen molar-refractivity contribution in [1.82, 2.24) is 10.3 Å².